The van der Waals surface area contributed by atoms with E-state index >= 15 is 0 Å². The van der Waals surface area contributed by atoms with Gasteiger partial charge in [0.05, 0.1) is 17.8 Å². The quantitative estimate of drug-likeness (QED) is 0.835. The van der Waals surface area contributed by atoms with Crippen LogP contribution in [0.1, 0.15) is 45.3 Å². The number of nitriles is 1. The Bertz CT molecular complexity index is 937. The molecule has 1 aliphatic carbocycles. The standard InChI is InChI=1S/C20H23N5O2/c1-13-11-24(19(26)20(13,12-21)14-5-6-14)18-15-7-8-22-10-16(15)25(23-18)17-4-2-3-9-27-17/h7-8,10,13-14,17H,2-6,9,11H2,1H3/t13-,17?,20+/m1/s1. The summed E-state index contributed by atoms with van der Waals surface area (Å²) in [5.74, 6) is 0.728. The van der Waals surface area contributed by atoms with Crippen molar-refractivity contribution in [2.75, 3.05) is 18.1 Å². The Hall–Kier alpha value is -2.46. The number of rotatable bonds is 3. The number of fused-ring (bicyclic) bond motifs is 1. The predicted octanol–water partition coefficient (Wildman–Crippen LogP) is 3.03. The molecular formula is C20H23N5O2. The summed E-state index contributed by atoms with van der Waals surface area (Å²) in [6.45, 7) is 3.27. The molecule has 2 aliphatic heterocycles. The number of carbonyl (C=O) groups is 1. The van der Waals surface area contributed by atoms with Gasteiger partial charge in [-0.1, -0.05) is 6.92 Å². The van der Waals surface area contributed by atoms with E-state index in [1.165, 1.54) is 0 Å². The maximum atomic E-state index is 13.4. The van der Waals surface area contributed by atoms with E-state index in [9.17, 15) is 10.1 Å². The smallest absolute Gasteiger partial charge is 0.249 e. The van der Waals surface area contributed by atoms with E-state index in [0.29, 0.717) is 12.4 Å². The second kappa shape index (κ2) is 6.03. The maximum absolute atomic E-state index is 13.4. The summed E-state index contributed by atoms with van der Waals surface area (Å²) in [6, 6.07) is 4.30. The van der Waals surface area contributed by atoms with Crippen molar-refractivity contribution >= 4 is 22.6 Å². The first-order chi connectivity index (χ1) is 13.2. The van der Waals surface area contributed by atoms with Crippen molar-refractivity contribution < 1.29 is 9.53 Å². The van der Waals surface area contributed by atoms with Gasteiger partial charge in [-0.05, 0) is 44.1 Å². The van der Waals surface area contributed by atoms with Crippen LogP contribution in [-0.2, 0) is 9.53 Å². The molecule has 7 nitrogen and oxygen atoms in total. The second-order valence-electron chi connectivity index (χ2n) is 8.05. The number of carbonyl (C=O) groups excluding carboxylic acids is 1. The summed E-state index contributed by atoms with van der Waals surface area (Å²) >= 11 is 0. The summed E-state index contributed by atoms with van der Waals surface area (Å²) < 4.78 is 7.80. The minimum absolute atomic E-state index is 0.00420. The van der Waals surface area contributed by atoms with Gasteiger partial charge in [-0.2, -0.15) is 10.4 Å². The molecule has 1 unspecified atom stereocenters. The number of anilines is 1. The van der Waals surface area contributed by atoms with Gasteiger partial charge >= 0.3 is 0 Å². The van der Waals surface area contributed by atoms with Gasteiger partial charge in [-0.3, -0.25) is 14.7 Å². The SMILES string of the molecule is C[C@@H]1CN(c2nn(C3CCCCO3)c3cnccc23)C(=O)[C@]1(C#N)C1CC1. The molecule has 5 rings (SSSR count). The molecule has 0 bridgehead atoms. The van der Waals surface area contributed by atoms with E-state index in [0.717, 1.165) is 49.6 Å². The van der Waals surface area contributed by atoms with E-state index < -0.39 is 5.41 Å². The zero-order chi connectivity index (χ0) is 18.6. The number of ether oxygens (including phenoxy) is 1. The Balaban J connectivity index is 1.60. The average Bonchev–Trinajstić information content (AvgIpc) is 3.43. The zero-order valence-electron chi connectivity index (χ0n) is 15.5. The first kappa shape index (κ1) is 16.7. The molecular weight excluding hydrogens is 342 g/mol. The molecule has 0 aromatic carbocycles. The average molecular weight is 365 g/mol. The van der Waals surface area contributed by atoms with Crippen LogP contribution in [0.5, 0.6) is 0 Å². The van der Waals surface area contributed by atoms with Crippen LogP contribution in [0.2, 0.25) is 0 Å². The Morgan fingerprint density at radius 1 is 1.33 bits per heavy atom. The van der Waals surface area contributed by atoms with E-state index in [1.54, 1.807) is 17.3 Å². The normalized spacial score (nSPS) is 31.4. The molecule has 4 heterocycles. The number of nitrogens with zero attached hydrogens (tertiary/aromatic N) is 5. The van der Waals surface area contributed by atoms with Crippen LogP contribution in [0.4, 0.5) is 5.82 Å². The summed E-state index contributed by atoms with van der Waals surface area (Å²) in [7, 11) is 0. The lowest BCUT2D eigenvalue weighted by Gasteiger charge is -2.23. The second-order valence-corrected chi connectivity index (χ2v) is 8.05. The highest BCUT2D eigenvalue weighted by molar-refractivity contribution is 6.07. The third-order valence-corrected chi connectivity index (χ3v) is 6.41. The molecule has 3 atom stereocenters. The molecule has 140 valence electrons. The number of hydrogen-bond donors (Lipinski definition) is 0. The van der Waals surface area contributed by atoms with Crippen molar-refractivity contribution in [1.29, 1.82) is 5.26 Å². The molecule has 0 N–H and O–H groups in total. The lowest BCUT2D eigenvalue weighted by Crippen LogP contribution is -2.37. The molecule has 1 saturated carbocycles. The van der Waals surface area contributed by atoms with Gasteiger partial charge in [0.1, 0.15) is 5.41 Å². The van der Waals surface area contributed by atoms with Gasteiger partial charge < -0.3 is 4.74 Å². The number of pyridine rings is 1. The number of amides is 1. The van der Waals surface area contributed by atoms with E-state index in [1.807, 2.05) is 17.7 Å². The minimum atomic E-state index is -0.898. The molecule has 3 aliphatic rings. The number of hydrogen-bond acceptors (Lipinski definition) is 5. The Morgan fingerprint density at radius 2 is 2.19 bits per heavy atom. The van der Waals surface area contributed by atoms with Crippen molar-refractivity contribution in [2.45, 2.75) is 45.3 Å². The van der Waals surface area contributed by atoms with Crippen LogP contribution in [-0.4, -0.2) is 33.8 Å². The van der Waals surface area contributed by atoms with Crippen molar-refractivity contribution in [3.05, 3.63) is 18.5 Å². The summed E-state index contributed by atoms with van der Waals surface area (Å²) in [5.41, 5.74) is -0.0227. The van der Waals surface area contributed by atoms with Gasteiger partial charge in [0, 0.05) is 30.7 Å². The number of aromatic nitrogens is 3. The highest BCUT2D eigenvalue weighted by Crippen LogP contribution is 2.54. The van der Waals surface area contributed by atoms with Crippen LogP contribution in [0.3, 0.4) is 0 Å². The molecule has 1 amide bonds. The van der Waals surface area contributed by atoms with E-state index in [4.69, 9.17) is 9.84 Å². The third kappa shape index (κ3) is 2.32. The highest BCUT2D eigenvalue weighted by atomic mass is 16.5. The summed E-state index contributed by atoms with van der Waals surface area (Å²) in [4.78, 5) is 19.4. The maximum Gasteiger partial charge on any atom is 0.249 e. The van der Waals surface area contributed by atoms with Crippen molar-refractivity contribution in [3.8, 4) is 6.07 Å². The van der Waals surface area contributed by atoms with Crippen molar-refractivity contribution in [2.24, 2.45) is 17.3 Å². The Morgan fingerprint density at radius 3 is 2.89 bits per heavy atom. The van der Waals surface area contributed by atoms with Crippen LogP contribution >= 0.6 is 0 Å². The molecule has 2 aromatic rings. The van der Waals surface area contributed by atoms with E-state index in [2.05, 4.69) is 11.1 Å². The third-order valence-electron chi connectivity index (χ3n) is 6.41. The molecule has 0 spiro atoms. The van der Waals surface area contributed by atoms with Crippen LogP contribution in [0.25, 0.3) is 10.9 Å². The molecule has 27 heavy (non-hydrogen) atoms. The fraction of sp³-hybridized carbons (Fsp3) is 0.600. The lowest BCUT2D eigenvalue weighted by atomic mass is 9.75. The fourth-order valence-corrected chi connectivity index (χ4v) is 4.79. The Labute approximate surface area is 157 Å². The molecule has 2 saturated heterocycles. The summed E-state index contributed by atoms with van der Waals surface area (Å²) in [5, 5.41) is 15.6. The van der Waals surface area contributed by atoms with Crippen molar-refractivity contribution in [3.63, 3.8) is 0 Å². The van der Waals surface area contributed by atoms with Gasteiger partial charge in [-0.15, -0.1) is 0 Å². The van der Waals surface area contributed by atoms with Crippen LogP contribution in [0.15, 0.2) is 18.5 Å². The van der Waals surface area contributed by atoms with Gasteiger partial charge in [0.15, 0.2) is 12.0 Å². The van der Waals surface area contributed by atoms with Crippen LogP contribution < -0.4 is 4.90 Å². The molecule has 3 fully saturated rings. The first-order valence-electron chi connectivity index (χ1n) is 9.84. The largest absolute Gasteiger partial charge is 0.356 e. The molecule has 2 aromatic heterocycles. The zero-order valence-corrected chi connectivity index (χ0v) is 15.5. The molecule has 7 heteroatoms. The predicted molar refractivity (Wildman–Crippen MR) is 98.7 cm³/mol. The van der Waals surface area contributed by atoms with Gasteiger partial charge in [0.2, 0.25) is 5.91 Å². The molecule has 0 radical (unpaired) electrons. The monoisotopic (exact) mass is 365 g/mol. The van der Waals surface area contributed by atoms with Crippen LogP contribution in [0, 0.1) is 28.6 Å². The minimum Gasteiger partial charge on any atom is -0.356 e. The topological polar surface area (TPSA) is 84.0 Å². The van der Waals surface area contributed by atoms with Gasteiger partial charge in [-0.25, -0.2) is 4.68 Å². The lowest BCUT2D eigenvalue weighted by molar-refractivity contribution is -0.124. The highest BCUT2D eigenvalue weighted by Gasteiger charge is 2.61. The van der Waals surface area contributed by atoms with E-state index in [-0.39, 0.29) is 24.0 Å². The first-order valence-corrected chi connectivity index (χ1v) is 9.84. The van der Waals surface area contributed by atoms with Crippen molar-refractivity contribution in [1.82, 2.24) is 14.8 Å². The van der Waals surface area contributed by atoms with Gasteiger partial charge in [0.25, 0.3) is 0 Å². The fourth-order valence-electron chi connectivity index (χ4n) is 4.79. The Kier molecular flexibility index (Phi) is 3.73. The summed E-state index contributed by atoms with van der Waals surface area (Å²) in [6.07, 6.45) is 8.38.